The van der Waals surface area contributed by atoms with Crippen molar-refractivity contribution in [2.45, 2.75) is 32.4 Å². The van der Waals surface area contributed by atoms with Crippen molar-refractivity contribution >= 4 is 11.6 Å². The van der Waals surface area contributed by atoms with Gasteiger partial charge in [0, 0.05) is 12.2 Å². The third-order valence-electron chi connectivity index (χ3n) is 3.28. The van der Waals surface area contributed by atoms with E-state index in [4.69, 9.17) is 5.73 Å². The molecule has 98 valence electrons. The molecule has 1 fully saturated rings. The highest BCUT2D eigenvalue weighted by Crippen LogP contribution is 2.19. The molecule has 4 heteroatoms. The molecule has 18 heavy (non-hydrogen) atoms. The van der Waals surface area contributed by atoms with Gasteiger partial charge in [-0.05, 0) is 44.5 Å². The Morgan fingerprint density at radius 1 is 1.39 bits per heavy atom. The summed E-state index contributed by atoms with van der Waals surface area (Å²) in [6.07, 6.45) is 2.54. The number of nitrogens with one attached hydrogen (secondary N) is 1. The van der Waals surface area contributed by atoms with Gasteiger partial charge in [0.25, 0.3) is 0 Å². The Labute approximate surface area is 108 Å². The molecule has 0 bridgehead atoms. The van der Waals surface area contributed by atoms with Crippen molar-refractivity contribution in [1.29, 1.82) is 0 Å². The number of benzene rings is 1. The molecule has 1 atom stereocenters. The van der Waals surface area contributed by atoms with Gasteiger partial charge in [0.15, 0.2) is 0 Å². The maximum atomic E-state index is 11.7. The average molecular weight is 247 g/mol. The summed E-state index contributed by atoms with van der Waals surface area (Å²) in [5.74, 6) is -0.135. The summed E-state index contributed by atoms with van der Waals surface area (Å²) >= 11 is 0. The van der Waals surface area contributed by atoms with Crippen LogP contribution in [0.25, 0.3) is 0 Å². The summed E-state index contributed by atoms with van der Waals surface area (Å²) in [6, 6.07) is 7.46. The van der Waals surface area contributed by atoms with Gasteiger partial charge in [-0.3, -0.25) is 9.69 Å². The summed E-state index contributed by atoms with van der Waals surface area (Å²) in [5.41, 5.74) is 7.62. The van der Waals surface area contributed by atoms with Gasteiger partial charge in [-0.2, -0.15) is 0 Å². The first-order valence-electron chi connectivity index (χ1n) is 6.53. The molecule has 1 aromatic rings. The third kappa shape index (κ3) is 3.31. The predicted molar refractivity (Wildman–Crippen MR) is 73.2 cm³/mol. The fourth-order valence-electron chi connectivity index (χ4n) is 2.21. The molecule has 1 aliphatic heterocycles. The Balaban J connectivity index is 2.07. The second kappa shape index (κ2) is 5.98. The molecule has 0 saturated carbocycles. The van der Waals surface area contributed by atoms with E-state index in [2.05, 4.69) is 16.3 Å². The summed E-state index contributed by atoms with van der Waals surface area (Å²) in [5, 5.41) is 2.89. The van der Waals surface area contributed by atoms with Crippen LogP contribution in [0.15, 0.2) is 24.3 Å². The monoisotopic (exact) mass is 247 g/mol. The lowest BCUT2D eigenvalue weighted by Gasteiger charge is -2.18. The van der Waals surface area contributed by atoms with E-state index in [1.165, 1.54) is 12.8 Å². The van der Waals surface area contributed by atoms with Crippen LogP contribution in [0.5, 0.6) is 0 Å². The minimum Gasteiger partial charge on any atom is -0.324 e. The van der Waals surface area contributed by atoms with Gasteiger partial charge in [-0.25, -0.2) is 0 Å². The van der Waals surface area contributed by atoms with E-state index < -0.39 is 6.04 Å². The van der Waals surface area contributed by atoms with E-state index in [0.29, 0.717) is 0 Å². The van der Waals surface area contributed by atoms with E-state index in [1.807, 2.05) is 18.2 Å². The highest BCUT2D eigenvalue weighted by molar-refractivity contribution is 5.95. The standard InChI is InChI=1S/C14H21N3O/c1-11(15)14(18)16-13-7-3-2-6-12(13)10-17-8-4-5-9-17/h2-3,6-7,11H,4-5,8-10,15H2,1H3,(H,16,18)/t11-/m1/s1. The zero-order valence-corrected chi connectivity index (χ0v) is 10.9. The Kier molecular flexibility index (Phi) is 4.33. The Morgan fingerprint density at radius 2 is 2.06 bits per heavy atom. The number of likely N-dealkylation sites (tertiary alicyclic amines) is 1. The first-order chi connectivity index (χ1) is 8.66. The van der Waals surface area contributed by atoms with E-state index in [9.17, 15) is 4.79 Å². The van der Waals surface area contributed by atoms with Gasteiger partial charge >= 0.3 is 0 Å². The van der Waals surface area contributed by atoms with Crippen molar-refractivity contribution in [2.24, 2.45) is 5.73 Å². The van der Waals surface area contributed by atoms with Gasteiger partial charge < -0.3 is 11.1 Å². The van der Waals surface area contributed by atoms with Crippen molar-refractivity contribution in [1.82, 2.24) is 4.90 Å². The minimum atomic E-state index is -0.482. The Morgan fingerprint density at radius 3 is 2.72 bits per heavy atom. The van der Waals surface area contributed by atoms with Crippen LogP contribution in [-0.2, 0) is 11.3 Å². The number of amides is 1. The van der Waals surface area contributed by atoms with Gasteiger partial charge in [0.05, 0.1) is 6.04 Å². The molecule has 4 nitrogen and oxygen atoms in total. The van der Waals surface area contributed by atoms with E-state index >= 15 is 0 Å². The number of carbonyl (C=O) groups excluding carboxylic acids is 1. The largest absolute Gasteiger partial charge is 0.324 e. The Hall–Kier alpha value is -1.39. The number of para-hydroxylation sites is 1. The van der Waals surface area contributed by atoms with Gasteiger partial charge in [0.2, 0.25) is 5.91 Å². The lowest BCUT2D eigenvalue weighted by atomic mass is 10.1. The molecule has 0 aromatic heterocycles. The number of nitrogens with two attached hydrogens (primary N) is 1. The lowest BCUT2D eigenvalue weighted by molar-refractivity contribution is -0.117. The van der Waals surface area contributed by atoms with Gasteiger partial charge in [-0.1, -0.05) is 18.2 Å². The molecule has 0 radical (unpaired) electrons. The minimum absolute atomic E-state index is 0.135. The van der Waals surface area contributed by atoms with Crippen LogP contribution in [-0.4, -0.2) is 29.9 Å². The molecular weight excluding hydrogens is 226 g/mol. The maximum Gasteiger partial charge on any atom is 0.241 e. The maximum absolute atomic E-state index is 11.7. The number of anilines is 1. The zero-order valence-electron chi connectivity index (χ0n) is 10.9. The SMILES string of the molecule is C[C@@H](N)C(=O)Nc1ccccc1CN1CCCC1. The third-order valence-corrected chi connectivity index (χ3v) is 3.28. The molecule has 1 aliphatic rings. The first kappa shape index (κ1) is 13.1. The van der Waals surface area contributed by atoms with Gasteiger partial charge in [0.1, 0.15) is 0 Å². The zero-order chi connectivity index (χ0) is 13.0. The second-order valence-corrected chi connectivity index (χ2v) is 4.92. The van der Waals surface area contributed by atoms with E-state index in [0.717, 1.165) is 30.9 Å². The average Bonchev–Trinajstić information content (AvgIpc) is 2.84. The van der Waals surface area contributed by atoms with E-state index in [-0.39, 0.29) is 5.91 Å². The number of nitrogens with zero attached hydrogens (tertiary/aromatic N) is 1. The molecule has 1 aromatic carbocycles. The molecular formula is C14H21N3O. The van der Waals surface area contributed by atoms with Crippen LogP contribution in [0.3, 0.4) is 0 Å². The van der Waals surface area contributed by atoms with Crippen molar-refractivity contribution in [3.63, 3.8) is 0 Å². The molecule has 0 unspecified atom stereocenters. The number of hydrogen-bond acceptors (Lipinski definition) is 3. The van der Waals surface area contributed by atoms with Crippen LogP contribution in [0.4, 0.5) is 5.69 Å². The molecule has 1 amide bonds. The molecule has 1 saturated heterocycles. The molecule has 3 N–H and O–H groups in total. The van der Waals surface area contributed by atoms with Crippen LogP contribution < -0.4 is 11.1 Å². The molecule has 0 aliphatic carbocycles. The second-order valence-electron chi connectivity index (χ2n) is 4.92. The van der Waals surface area contributed by atoms with Crippen molar-refractivity contribution in [3.05, 3.63) is 29.8 Å². The van der Waals surface area contributed by atoms with Crippen LogP contribution in [0.2, 0.25) is 0 Å². The normalized spacial score (nSPS) is 17.7. The van der Waals surface area contributed by atoms with Crippen LogP contribution in [0, 0.1) is 0 Å². The molecule has 0 spiro atoms. The van der Waals surface area contributed by atoms with Gasteiger partial charge in [-0.15, -0.1) is 0 Å². The first-order valence-corrected chi connectivity index (χ1v) is 6.53. The van der Waals surface area contributed by atoms with Crippen molar-refractivity contribution < 1.29 is 4.79 Å². The topological polar surface area (TPSA) is 58.4 Å². The smallest absolute Gasteiger partial charge is 0.241 e. The van der Waals surface area contributed by atoms with Crippen molar-refractivity contribution in [2.75, 3.05) is 18.4 Å². The van der Waals surface area contributed by atoms with Crippen LogP contribution >= 0.6 is 0 Å². The summed E-state index contributed by atoms with van der Waals surface area (Å²) < 4.78 is 0. The fraction of sp³-hybridized carbons (Fsp3) is 0.500. The van der Waals surface area contributed by atoms with E-state index in [1.54, 1.807) is 6.92 Å². The van der Waals surface area contributed by atoms with Crippen molar-refractivity contribution in [3.8, 4) is 0 Å². The predicted octanol–water partition coefficient (Wildman–Crippen LogP) is 1.57. The summed E-state index contributed by atoms with van der Waals surface area (Å²) in [4.78, 5) is 14.1. The Bertz CT molecular complexity index is 411. The number of rotatable bonds is 4. The highest BCUT2D eigenvalue weighted by Gasteiger charge is 2.15. The summed E-state index contributed by atoms with van der Waals surface area (Å²) in [7, 11) is 0. The lowest BCUT2D eigenvalue weighted by Crippen LogP contribution is -2.33. The number of hydrogen-bond donors (Lipinski definition) is 2. The highest BCUT2D eigenvalue weighted by atomic mass is 16.2. The number of carbonyl (C=O) groups is 1. The van der Waals surface area contributed by atoms with Crippen LogP contribution in [0.1, 0.15) is 25.3 Å². The fourth-order valence-corrected chi connectivity index (χ4v) is 2.21. The summed E-state index contributed by atoms with van der Waals surface area (Å²) in [6.45, 7) is 4.89. The molecule has 1 heterocycles. The molecule has 2 rings (SSSR count). The quantitative estimate of drug-likeness (QED) is 0.849.